The first kappa shape index (κ1) is 33.0. The molecule has 3 rings (SSSR count). The Labute approximate surface area is 253 Å². The van der Waals surface area contributed by atoms with Crippen molar-refractivity contribution in [1.29, 1.82) is 5.26 Å². The number of methoxy groups -OCH3 is 1. The van der Waals surface area contributed by atoms with Crippen molar-refractivity contribution in [2.75, 3.05) is 37.0 Å². The average Bonchev–Trinajstić information content (AvgIpc) is 3.00. The van der Waals surface area contributed by atoms with E-state index in [2.05, 4.69) is 20.7 Å². The molecule has 3 aromatic rings. The van der Waals surface area contributed by atoms with Crippen LogP contribution in [0.3, 0.4) is 0 Å². The quantitative estimate of drug-likeness (QED) is 0.159. The van der Waals surface area contributed by atoms with Crippen LogP contribution in [-0.4, -0.2) is 54.3 Å². The van der Waals surface area contributed by atoms with Crippen LogP contribution in [0.1, 0.15) is 36.2 Å². The lowest BCUT2D eigenvalue weighted by Crippen LogP contribution is -2.33. The molecule has 44 heavy (non-hydrogen) atoms. The van der Waals surface area contributed by atoms with Crippen LogP contribution < -0.4 is 25.9 Å². The number of hydrogen-bond acceptors (Lipinski definition) is 10. The lowest BCUT2D eigenvalue weighted by atomic mass is 10.1. The largest absolute Gasteiger partial charge is 0.483 e. The zero-order valence-corrected chi connectivity index (χ0v) is 24.8. The number of nitrogens with zero attached hydrogens (tertiary/aromatic N) is 5. The van der Waals surface area contributed by atoms with Gasteiger partial charge in [0.2, 0.25) is 0 Å². The average molecular weight is 604 g/mol. The third-order valence-electron chi connectivity index (χ3n) is 6.52. The number of carbonyl (C=O) groups is 2. The molecular formula is C30H33N7O7. The van der Waals surface area contributed by atoms with Crippen LogP contribution in [0.2, 0.25) is 0 Å². The summed E-state index contributed by atoms with van der Waals surface area (Å²) < 4.78 is 12.0. The number of nitro benzene ring substituents is 1. The summed E-state index contributed by atoms with van der Waals surface area (Å²) in [6.45, 7) is 6.42. The molecule has 2 amide bonds. The van der Waals surface area contributed by atoms with Gasteiger partial charge in [-0.25, -0.2) is 5.43 Å². The van der Waals surface area contributed by atoms with Crippen molar-refractivity contribution in [3.63, 3.8) is 0 Å². The maximum atomic E-state index is 12.8. The SMILES string of the molecule is CCN(CC)c1ccc(/C=N/NC(=O)Cn2c(C)cc(COC)c(C#N)c2=O)c(OCC(=O)Nc2cccc([N+](=O)[O-])c2)c1. The Morgan fingerprint density at radius 2 is 1.91 bits per heavy atom. The van der Waals surface area contributed by atoms with Gasteiger partial charge in [0.25, 0.3) is 23.1 Å². The van der Waals surface area contributed by atoms with Crippen LogP contribution in [0.25, 0.3) is 0 Å². The van der Waals surface area contributed by atoms with Gasteiger partial charge in [-0.05, 0) is 45.0 Å². The molecule has 0 spiro atoms. The summed E-state index contributed by atoms with van der Waals surface area (Å²) in [7, 11) is 1.45. The second kappa shape index (κ2) is 15.6. The number of aryl methyl sites for hydroxylation is 1. The molecule has 0 fully saturated rings. The minimum absolute atomic E-state index is 0.0875. The van der Waals surface area contributed by atoms with E-state index in [1.165, 1.54) is 42.2 Å². The van der Waals surface area contributed by atoms with Crippen LogP contribution >= 0.6 is 0 Å². The molecule has 0 aliphatic heterocycles. The van der Waals surface area contributed by atoms with E-state index < -0.39 is 28.9 Å². The fraction of sp³-hybridized carbons (Fsp3) is 0.300. The number of carbonyl (C=O) groups excluding carboxylic acids is 2. The number of nitriles is 1. The lowest BCUT2D eigenvalue weighted by molar-refractivity contribution is -0.384. The summed E-state index contributed by atoms with van der Waals surface area (Å²) in [6, 6.07) is 14.3. The molecule has 2 N–H and O–H groups in total. The number of pyridine rings is 1. The van der Waals surface area contributed by atoms with Crippen LogP contribution in [-0.2, 0) is 27.5 Å². The molecule has 0 bridgehead atoms. The van der Waals surface area contributed by atoms with Gasteiger partial charge in [0.15, 0.2) is 6.61 Å². The summed E-state index contributed by atoms with van der Waals surface area (Å²) in [4.78, 5) is 50.6. The summed E-state index contributed by atoms with van der Waals surface area (Å²) in [6.07, 6.45) is 1.34. The molecule has 14 nitrogen and oxygen atoms in total. The first-order chi connectivity index (χ1) is 21.1. The van der Waals surface area contributed by atoms with Gasteiger partial charge in [0, 0.05) is 66.6 Å². The predicted molar refractivity (Wildman–Crippen MR) is 164 cm³/mol. The summed E-state index contributed by atoms with van der Waals surface area (Å²) in [5.41, 5.74) is 3.96. The highest BCUT2D eigenvalue weighted by atomic mass is 16.6. The second-order valence-corrected chi connectivity index (χ2v) is 9.45. The number of nitrogens with one attached hydrogen (secondary N) is 2. The Hall–Kier alpha value is -5.55. The Kier molecular flexibility index (Phi) is 11.7. The molecule has 0 saturated heterocycles. The van der Waals surface area contributed by atoms with Gasteiger partial charge in [-0.1, -0.05) is 6.07 Å². The molecule has 1 heterocycles. The molecule has 0 atom stereocenters. The zero-order valence-electron chi connectivity index (χ0n) is 24.8. The Morgan fingerprint density at radius 3 is 2.57 bits per heavy atom. The number of anilines is 2. The van der Waals surface area contributed by atoms with Gasteiger partial charge in [0.1, 0.15) is 23.9 Å². The van der Waals surface area contributed by atoms with Gasteiger partial charge < -0.3 is 24.3 Å². The molecule has 2 aromatic carbocycles. The monoisotopic (exact) mass is 603 g/mol. The second-order valence-electron chi connectivity index (χ2n) is 9.45. The molecule has 0 aliphatic rings. The number of amides is 2. The van der Waals surface area contributed by atoms with Gasteiger partial charge in [-0.3, -0.25) is 24.5 Å². The van der Waals surface area contributed by atoms with Crippen molar-refractivity contribution < 1.29 is 24.0 Å². The lowest BCUT2D eigenvalue weighted by Gasteiger charge is -2.22. The molecular weight excluding hydrogens is 570 g/mol. The van der Waals surface area contributed by atoms with Crippen molar-refractivity contribution in [2.45, 2.75) is 33.9 Å². The summed E-state index contributed by atoms with van der Waals surface area (Å²) >= 11 is 0. The third-order valence-corrected chi connectivity index (χ3v) is 6.52. The maximum absolute atomic E-state index is 12.8. The zero-order chi connectivity index (χ0) is 32.2. The highest BCUT2D eigenvalue weighted by Gasteiger charge is 2.16. The van der Waals surface area contributed by atoms with Crippen LogP contribution in [0.15, 0.2) is 58.4 Å². The van der Waals surface area contributed by atoms with E-state index >= 15 is 0 Å². The fourth-order valence-electron chi connectivity index (χ4n) is 4.35. The maximum Gasteiger partial charge on any atom is 0.271 e. The van der Waals surface area contributed by atoms with Gasteiger partial charge in [0.05, 0.1) is 17.7 Å². The number of aromatic nitrogens is 1. The number of benzene rings is 2. The Morgan fingerprint density at radius 1 is 1.16 bits per heavy atom. The van der Waals surface area contributed by atoms with Crippen molar-refractivity contribution in [3.8, 4) is 11.8 Å². The molecule has 0 unspecified atom stereocenters. The van der Waals surface area contributed by atoms with E-state index in [4.69, 9.17) is 9.47 Å². The standard InChI is InChI=1S/C30H33N7O7/c1-5-35(6-2)24-11-10-21(27(14-24)44-19-29(39)33-23-8-7-9-25(13-23)37(41)42)16-32-34-28(38)17-36-20(3)12-22(18-43-4)26(15-31)30(36)40/h7-14,16H,5-6,17-19H2,1-4H3,(H,33,39)(H,34,38)/b32-16+. The van der Waals surface area contributed by atoms with E-state index in [9.17, 15) is 29.8 Å². The Balaban J connectivity index is 1.76. The molecule has 0 saturated carbocycles. The highest BCUT2D eigenvalue weighted by Crippen LogP contribution is 2.25. The van der Waals surface area contributed by atoms with Crippen LogP contribution in [0.4, 0.5) is 17.1 Å². The fourth-order valence-corrected chi connectivity index (χ4v) is 4.35. The van der Waals surface area contributed by atoms with Crippen molar-refractivity contribution in [2.24, 2.45) is 5.10 Å². The van der Waals surface area contributed by atoms with Crippen molar-refractivity contribution in [3.05, 3.63) is 91.4 Å². The van der Waals surface area contributed by atoms with Crippen molar-refractivity contribution >= 4 is 35.1 Å². The van der Waals surface area contributed by atoms with E-state index in [-0.39, 0.29) is 30.1 Å². The van der Waals surface area contributed by atoms with E-state index in [1.807, 2.05) is 26.0 Å². The first-order valence-electron chi connectivity index (χ1n) is 13.6. The molecule has 0 aliphatic carbocycles. The van der Waals surface area contributed by atoms with Crippen LogP contribution in [0, 0.1) is 28.4 Å². The normalized spacial score (nSPS) is 10.7. The molecule has 230 valence electrons. The van der Waals surface area contributed by atoms with E-state index in [0.29, 0.717) is 22.6 Å². The van der Waals surface area contributed by atoms with Crippen LogP contribution in [0.5, 0.6) is 5.75 Å². The number of ether oxygens (including phenoxy) is 2. The van der Waals surface area contributed by atoms with E-state index in [0.717, 1.165) is 18.8 Å². The Bertz CT molecular complexity index is 1660. The number of non-ortho nitro benzene ring substituents is 1. The van der Waals surface area contributed by atoms with E-state index in [1.54, 1.807) is 25.1 Å². The van der Waals surface area contributed by atoms with Gasteiger partial charge in [-0.15, -0.1) is 0 Å². The smallest absolute Gasteiger partial charge is 0.271 e. The minimum Gasteiger partial charge on any atom is -0.483 e. The number of rotatable bonds is 14. The predicted octanol–water partition coefficient (Wildman–Crippen LogP) is 3.10. The summed E-state index contributed by atoms with van der Waals surface area (Å²) in [5, 5.41) is 27.0. The van der Waals surface area contributed by atoms with Gasteiger partial charge in [-0.2, -0.15) is 10.4 Å². The topological polar surface area (TPSA) is 181 Å². The molecule has 0 radical (unpaired) electrons. The number of hydrazone groups is 1. The number of nitro groups is 1. The molecule has 14 heteroatoms. The summed E-state index contributed by atoms with van der Waals surface area (Å²) in [5.74, 6) is -0.835. The third kappa shape index (κ3) is 8.49. The van der Waals surface area contributed by atoms with Gasteiger partial charge >= 0.3 is 0 Å². The molecule has 1 aromatic heterocycles. The minimum atomic E-state index is -0.607. The number of hydrogen-bond donors (Lipinski definition) is 2. The first-order valence-corrected chi connectivity index (χ1v) is 13.6. The van der Waals surface area contributed by atoms with Crippen molar-refractivity contribution in [1.82, 2.24) is 9.99 Å². The highest BCUT2D eigenvalue weighted by molar-refractivity contribution is 5.92.